The van der Waals surface area contributed by atoms with E-state index < -0.39 is 25.6 Å². The molecule has 0 aromatic heterocycles. The van der Waals surface area contributed by atoms with E-state index in [1.54, 1.807) is 0 Å². The van der Waals surface area contributed by atoms with E-state index >= 15 is 9.13 Å². The maximum Gasteiger partial charge on any atom is 0.233 e. The van der Waals surface area contributed by atoms with Gasteiger partial charge in [-0.15, -0.1) is 0 Å². The lowest BCUT2D eigenvalue weighted by Gasteiger charge is -2.34. The SMILES string of the molecule is CCCCN(CCCC)C(=O)C(CCCCCC(C(=O)N(CCCC)CCCC)P(=O)(c1ccccc1)c1ccccc1)P(=O)(c1ccccc1)c1ccccc1. The van der Waals surface area contributed by atoms with Crippen molar-refractivity contribution in [3.05, 3.63) is 121 Å². The highest BCUT2D eigenvalue weighted by Crippen LogP contribution is 2.53. The molecule has 57 heavy (non-hydrogen) atoms. The predicted molar refractivity (Wildman–Crippen MR) is 243 cm³/mol. The van der Waals surface area contributed by atoms with Gasteiger partial charge in [0.05, 0.1) is 11.3 Å². The molecule has 4 rings (SSSR count). The van der Waals surface area contributed by atoms with Gasteiger partial charge in [-0.05, 0) is 38.5 Å². The molecule has 0 aliphatic carbocycles. The van der Waals surface area contributed by atoms with Crippen LogP contribution in [0, 0.1) is 0 Å². The summed E-state index contributed by atoms with van der Waals surface area (Å²) >= 11 is 0. The van der Waals surface area contributed by atoms with Gasteiger partial charge in [-0.25, -0.2) is 0 Å². The van der Waals surface area contributed by atoms with Gasteiger partial charge in [0.2, 0.25) is 11.8 Å². The zero-order valence-corrected chi connectivity index (χ0v) is 36.9. The van der Waals surface area contributed by atoms with E-state index in [4.69, 9.17) is 0 Å². The van der Waals surface area contributed by atoms with Crippen molar-refractivity contribution < 1.29 is 18.7 Å². The van der Waals surface area contributed by atoms with Gasteiger partial charge in [-0.1, -0.05) is 194 Å². The molecule has 6 nitrogen and oxygen atoms in total. The summed E-state index contributed by atoms with van der Waals surface area (Å²) in [6, 6.07) is 38.4. The van der Waals surface area contributed by atoms with Gasteiger partial charge in [-0.2, -0.15) is 0 Å². The molecule has 8 heteroatoms. The second-order valence-electron chi connectivity index (χ2n) is 15.4. The largest absolute Gasteiger partial charge is 0.342 e. The highest BCUT2D eigenvalue weighted by molar-refractivity contribution is 7.80. The summed E-state index contributed by atoms with van der Waals surface area (Å²) in [6.07, 6.45) is 10.4. The zero-order valence-electron chi connectivity index (χ0n) is 35.1. The number of carbonyl (C=O) groups is 2. The Labute approximate surface area is 344 Å². The van der Waals surface area contributed by atoms with Crippen molar-refractivity contribution in [2.24, 2.45) is 0 Å². The Morgan fingerprint density at radius 2 is 0.649 bits per heavy atom. The van der Waals surface area contributed by atoms with Crippen LogP contribution in [0.3, 0.4) is 0 Å². The topological polar surface area (TPSA) is 74.8 Å². The molecule has 4 aromatic carbocycles. The fraction of sp³-hybridized carbons (Fsp3) is 0.469. The summed E-state index contributed by atoms with van der Waals surface area (Å²) in [6.45, 7) is 11.2. The van der Waals surface area contributed by atoms with Gasteiger partial charge < -0.3 is 18.9 Å². The van der Waals surface area contributed by atoms with Crippen molar-refractivity contribution in [3.8, 4) is 0 Å². The fourth-order valence-corrected chi connectivity index (χ4v) is 14.4. The van der Waals surface area contributed by atoms with Crippen molar-refractivity contribution in [2.45, 2.75) is 122 Å². The lowest BCUT2D eigenvalue weighted by molar-refractivity contribution is -0.131. The van der Waals surface area contributed by atoms with Crippen LogP contribution in [0.15, 0.2) is 121 Å². The molecule has 0 fully saturated rings. The van der Waals surface area contributed by atoms with Gasteiger partial charge in [-0.3, -0.25) is 9.59 Å². The summed E-state index contributed by atoms with van der Waals surface area (Å²) in [5, 5.41) is 2.82. The van der Waals surface area contributed by atoms with Gasteiger partial charge >= 0.3 is 0 Å². The number of hydrogen-bond donors (Lipinski definition) is 0. The lowest BCUT2D eigenvalue weighted by Crippen LogP contribution is -2.43. The first-order chi connectivity index (χ1) is 27.8. The van der Waals surface area contributed by atoms with E-state index in [0.29, 0.717) is 79.5 Å². The molecular formula is C49H68N2O4P2. The van der Waals surface area contributed by atoms with Crippen LogP contribution in [0.25, 0.3) is 0 Å². The summed E-state index contributed by atoms with van der Waals surface area (Å²) in [4.78, 5) is 33.7. The molecular weight excluding hydrogens is 742 g/mol. The van der Waals surface area contributed by atoms with Crippen LogP contribution < -0.4 is 21.2 Å². The van der Waals surface area contributed by atoms with Crippen molar-refractivity contribution >= 4 is 47.3 Å². The maximum atomic E-state index is 15.8. The Bertz CT molecular complexity index is 1600. The molecule has 0 N–H and O–H groups in total. The first-order valence-corrected chi connectivity index (χ1v) is 25.3. The molecule has 0 spiro atoms. The average Bonchev–Trinajstić information content (AvgIpc) is 3.26. The molecule has 0 saturated carbocycles. The summed E-state index contributed by atoms with van der Waals surface area (Å²) in [7, 11) is -6.86. The molecule has 0 saturated heterocycles. The average molecular weight is 811 g/mol. The van der Waals surface area contributed by atoms with Crippen LogP contribution in [0.2, 0.25) is 0 Å². The van der Waals surface area contributed by atoms with Crippen LogP contribution in [0.1, 0.15) is 111 Å². The third kappa shape index (κ3) is 12.2. The number of carbonyl (C=O) groups excluding carboxylic acids is 2. The molecule has 4 aromatic rings. The molecule has 0 aliphatic heterocycles. The third-order valence-corrected chi connectivity index (χ3v) is 18.2. The highest BCUT2D eigenvalue weighted by Gasteiger charge is 2.44. The monoisotopic (exact) mass is 810 g/mol. The van der Waals surface area contributed by atoms with E-state index in [1.165, 1.54) is 0 Å². The van der Waals surface area contributed by atoms with Gasteiger partial charge in [0.25, 0.3) is 0 Å². The standard InChI is InChI=1S/C49H68N2O4P2/c1-5-9-38-50(39-10-6-2)48(52)46(56(54,42-28-18-13-19-29-42)43-30-20-14-21-31-43)36-26-17-27-37-47(49(53)51(40-11-7-3)41-12-8-4)57(55,44-32-22-15-23-33-44)45-34-24-16-25-35-45/h13-16,18-25,28-35,46-47H,5-12,17,26-27,36-41H2,1-4H3. The fourth-order valence-electron chi connectivity index (χ4n) is 7.87. The number of hydrogen-bond acceptors (Lipinski definition) is 4. The number of rotatable bonds is 26. The van der Waals surface area contributed by atoms with Crippen LogP contribution in [-0.4, -0.2) is 59.1 Å². The summed E-state index contributed by atoms with van der Waals surface area (Å²) in [5.41, 5.74) is -1.43. The van der Waals surface area contributed by atoms with Crippen molar-refractivity contribution in [1.29, 1.82) is 0 Å². The minimum absolute atomic E-state index is 0.0267. The summed E-state index contributed by atoms with van der Waals surface area (Å²) < 4.78 is 31.7. The number of unbranched alkanes of at least 4 members (excludes halogenated alkanes) is 6. The molecule has 2 atom stereocenters. The number of benzene rings is 4. The van der Waals surface area contributed by atoms with Crippen LogP contribution in [0.4, 0.5) is 0 Å². The molecule has 0 radical (unpaired) electrons. The van der Waals surface area contributed by atoms with E-state index in [-0.39, 0.29) is 11.8 Å². The Morgan fingerprint density at radius 1 is 0.404 bits per heavy atom. The second-order valence-corrected chi connectivity index (χ2v) is 21.3. The van der Waals surface area contributed by atoms with Crippen molar-refractivity contribution in [1.82, 2.24) is 9.80 Å². The zero-order chi connectivity index (χ0) is 40.9. The first-order valence-electron chi connectivity index (χ1n) is 21.8. The minimum Gasteiger partial charge on any atom is -0.342 e. The predicted octanol–water partition coefficient (Wildman–Crippen LogP) is 10.6. The first kappa shape index (κ1) is 46.0. The summed E-state index contributed by atoms with van der Waals surface area (Å²) in [5.74, 6) is -0.0534. The Hall–Kier alpha value is -3.72. The smallest absolute Gasteiger partial charge is 0.233 e. The Kier molecular flexibility index (Phi) is 19.6. The van der Waals surface area contributed by atoms with Crippen LogP contribution >= 0.6 is 14.3 Å². The van der Waals surface area contributed by atoms with Crippen LogP contribution in [-0.2, 0) is 18.7 Å². The van der Waals surface area contributed by atoms with Gasteiger partial charge in [0, 0.05) is 47.4 Å². The highest BCUT2D eigenvalue weighted by atomic mass is 31.2. The van der Waals surface area contributed by atoms with Crippen molar-refractivity contribution in [2.75, 3.05) is 26.2 Å². The van der Waals surface area contributed by atoms with Gasteiger partial charge in [0.1, 0.15) is 0 Å². The molecule has 2 amide bonds. The number of nitrogens with zero attached hydrogens (tertiary/aromatic N) is 2. The Morgan fingerprint density at radius 3 is 0.877 bits per heavy atom. The minimum atomic E-state index is -3.43. The second kappa shape index (κ2) is 24.3. The lowest BCUT2D eigenvalue weighted by atomic mass is 10.1. The molecule has 308 valence electrons. The maximum absolute atomic E-state index is 15.8. The van der Waals surface area contributed by atoms with Crippen LogP contribution in [0.5, 0.6) is 0 Å². The molecule has 0 bridgehead atoms. The van der Waals surface area contributed by atoms with Gasteiger partial charge in [0.15, 0.2) is 14.3 Å². The Balaban J connectivity index is 1.70. The number of amides is 2. The normalized spacial score (nSPS) is 12.8. The van der Waals surface area contributed by atoms with Crippen molar-refractivity contribution in [3.63, 3.8) is 0 Å². The third-order valence-electron chi connectivity index (χ3n) is 11.2. The van der Waals surface area contributed by atoms with E-state index in [9.17, 15) is 9.59 Å². The quantitative estimate of drug-likeness (QED) is 0.0468. The van der Waals surface area contributed by atoms with E-state index in [2.05, 4.69) is 27.7 Å². The molecule has 2 unspecified atom stereocenters. The van der Waals surface area contributed by atoms with E-state index in [0.717, 1.165) is 51.4 Å². The van der Waals surface area contributed by atoms with E-state index in [1.807, 2.05) is 131 Å². The molecule has 0 aliphatic rings. The molecule has 0 heterocycles.